The fourth-order valence-electron chi connectivity index (χ4n) is 4.37. The number of carbonyl (C=O) groups excluding carboxylic acids is 1. The molecular formula is C27H45N5O7. The van der Waals surface area contributed by atoms with Crippen molar-refractivity contribution in [2.45, 2.75) is 88.4 Å². The third-order valence-corrected chi connectivity index (χ3v) is 6.62. The number of carboxylic acids is 3. The molecule has 0 aromatic heterocycles. The van der Waals surface area contributed by atoms with Crippen LogP contribution in [0.3, 0.4) is 0 Å². The van der Waals surface area contributed by atoms with Gasteiger partial charge in [0.1, 0.15) is 18.1 Å². The van der Waals surface area contributed by atoms with Crippen LogP contribution in [0.2, 0.25) is 0 Å². The van der Waals surface area contributed by atoms with E-state index in [-0.39, 0.29) is 5.91 Å². The Balaban J connectivity index is 0.000000646. The Labute approximate surface area is 229 Å². The summed E-state index contributed by atoms with van der Waals surface area (Å²) in [6.45, 7) is 1.47. The van der Waals surface area contributed by atoms with Gasteiger partial charge in [-0.25, -0.2) is 4.79 Å². The summed E-state index contributed by atoms with van der Waals surface area (Å²) in [7, 11) is 0. The molecule has 0 spiro atoms. The normalized spacial score (nSPS) is 17.0. The summed E-state index contributed by atoms with van der Waals surface area (Å²) in [6.07, 6.45) is 5.93. The van der Waals surface area contributed by atoms with Crippen LogP contribution in [0.4, 0.5) is 0 Å². The number of likely N-dealkylation sites (tertiary alicyclic amines) is 1. The number of carbonyl (C=O) groups is 4. The zero-order valence-corrected chi connectivity index (χ0v) is 22.5. The van der Waals surface area contributed by atoms with Crippen LogP contribution in [-0.4, -0.2) is 87.8 Å². The van der Waals surface area contributed by atoms with Crippen LogP contribution in [-0.2, 0) is 25.6 Å². The Bertz CT molecular complexity index is 887. The van der Waals surface area contributed by atoms with Gasteiger partial charge in [-0.05, 0) is 70.0 Å². The molecule has 1 aliphatic heterocycles. The molecule has 2 rings (SSSR count). The minimum Gasteiger partial charge on any atom is -0.480 e. The van der Waals surface area contributed by atoms with E-state index in [1.165, 1.54) is 4.90 Å². The van der Waals surface area contributed by atoms with Gasteiger partial charge >= 0.3 is 17.9 Å². The summed E-state index contributed by atoms with van der Waals surface area (Å²) in [5.41, 5.74) is 17.0. The van der Waals surface area contributed by atoms with Crippen LogP contribution >= 0.6 is 0 Å². The smallest absolute Gasteiger partial charge is 0.326 e. The number of hydrogen-bond donors (Lipinski definition) is 7. The van der Waals surface area contributed by atoms with Gasteiger partial charge in [-0.3, -0.25) is 19.7 Å². The average molecular weight is 552 g/mol. The molecule has 0 saturated carbocycles. The number of amides is 1. The number of nitrogens with two attached hydrogens (primary N) is 3. The Hall–Kier alpha value is -3.06. The van der Waals surface area contributed by atoms with Crippen LogP contribution < -0.4 is 22.5 Å². The standard InChI is InChI=1S/C21H31N3O5.C6H14N2O2/c22-13-5-4-9-16(19(25)24-14-6-10-18(24)21(28)29)23-17(20(26)27)12-11-15-7-2-1-3-8-15;7-4-2-1-3-5(8)6(9)10/h1-3,7-8,16-18,23H,4-6,9-14,22H2,(H,26,27)(H,28,29);5H,1-4,7-8H2,(H,9,10)/t16-,17-,18-;/m0./s1. The lowest BCUT2D eigenvalue weighted by Crippen LogP contribution is -2.54. The summed E-state index contributed by atoms with van der Waals surface area (Å²) < 4.78 is 0. The van der Waals surface area contributed by atoms with Gasteiger partial charge in [0.2, 0.25) is 5.91 Å². The third-order valence-electron chi connectivity index (χ3n) is 6.62. The molecule has 1 saturated heterocycles. The molecule has 39 heavy (non-hydrogen) atoms. The number of rotatable bonds is 17. The molecule has 0 bridgehead atoms. The average Bonchev–Trinajstić information content (AvgIpc) is 3.41. The van der Waals surface area contributed by atoms with Crippen LogP contribution in [0.25, 0.3) is 0 Å². The zero-order valence-electron chi connectivity index (χ0n) is 22.5. The lowest BCUT2D eigenvalue weighted by Gasteiger charge is -2.29. The van der Waals surface area contributed by atoms with Crippen molar-refractivity contribution in [2.24, 2.45) is 17.2 Å². The summed E-state index contributed by atoms with van der Waals surface area (Å²) in [5.74, 6) is -3.31. The highest BCUT2D eigenvalue weighted by Crippen LogP contribution is 2.20. The molecule has 0 aliphatic carbocycles. The van der Waals surface area contributed by atoms with Crippen LogP contribution in [0.1, 0.15) is 63.4 Å². The number of hydrogen-bond acceptors (Lipinski definition) is 8. The van der Waals surface area contributed by atoms with Gasteiger partial charge in [-0.2, -0.15) is 0 Å². The maximum atomic E-state index is 13.1. The second kappa shape index (κ2) is 19.1. The van der Waals surface area contributed by atoms with E-state index in [1.54, 1.807) is 0 Å². The van der Waals surface area contributed by atoms with Gasteiger partial charge in [-0.1, -0.05) is 43.2 Å². The SMILES string of the molecule is NCCCCC(N)C(=O)O.NCCCC[C@H](N[C@@H](CCc1ccccc1)C(=O)O)C(=O)N1CCC[C@H]1C(=O)O. The maximum Gasteiger partial charge on any atom is 0.326 e. The molecule has 1 aromatic rings. The van der Waals surface area contributed by atoms with Crippen LogP contribution in [0.5, 0.6) is 0 Å². The molecule has 1 heterocycles. The summed E-state index contributed by atoms with van der Waals surface area (Å²) in [4.78, 5) is 47.8. The van der Waals surface area contributed by atoms with Crippen molar-refractivity contribution in [1.29, 1.82) is 0 Å². The van der Waals surface area contributed by atoms with Crippen LogP contribution in [0, 0.1) is 0 Å². The molecule has 220 valence electrons. The van der Waals surface area contributed by atoms with E-state index in [2.05, 4.69) is 5.32 Å². The quantitative estimate of drug-likeness (QED) is 0.134. The van der Waals surface area contributed by atoms with E-state index >= 15 is 0 Å². The first-order valence-corrected chi connectivity index (χ1v) is 13.6. The first-order valence-electron chi connectivity index (χ1n) is 13.6. The minimum atomic E-state index is -1.02. The third kappa shape index (κ3) is 13.0. The van der Waals surface area contributed by atoms with Gasteiger partial charge in [0, 0.05) is 6.54 Å². The van der Waals surface area contributed by atoms with Gasteiger partial charge in [0.05, 0.1) is 6.04 Å². The second-order valence-corrected chi connectivity index (χ2v) is 9.68. The highest BCUT2D eigenvalue weighted by Gasteiger charge is 2.38. The minimum absolute atomic E-state index is 0.335. The van der Waals surface area contributed by atoms with Crippen molar-refractivity contribution in [2.75, 3.05) is 19.6 Å². The Morgan fingerprint density at radius 3 is 2.03 bits per heavy atom. The number of aryl methyl sites for hydroxylation is 1. The van der Waals surface area contributed by atoms with E-state index in [4.69, 9.17) is 22.3 Å². The van der Waals surface area contributed by atoms with E-state index in [0.29, 0.717) is 64.6 Å². The maximum absolute atomic E-state index is 13.1. The zero-order chi connectivity index (χ0) is 29.2. The fourth-order valence-corrected chi connectivity index (χ4v) is 4.37. The number of nitrogens with zero attached hydrogens (tertiary/aromatic N) is 1. The molecular weight excluding hydrogens is 506 g/mol. The highest BCUT2D eigenvalue weighted by molar-refractivity contribution is 5.88. The Morgan fingerprint density at radius 1 is 0.872 bits per heavy atom. The van der Waals surface area contributed by atoms with Crippen molar-refractivity contribution in [3.05, 3.63) is 35.9 Å². The van der Waals surface area contributed by atoms with Crippen molar-refractivity contribution >= 4 is 23.8 Å². The second-order valence-electron chi connectivity index (χ2n) is 9.68. The van der Waals surface area contributed by atoms with E-state index in [9.17, 15) is 29.4 Å². The molecule has 12 nitrogen and oxygen atoms in total. The number of aliphatic carboxylic acids is 3. The molecule has 0 radical (unpaired) electrons. The lowest BCUT2D eigenvalue weighted by atomic mass is 10.0. The molecule has 4 atom stereocenters. The summed E-state index contributed by atoms with van der Waals surface area (Å²) >= 11 is 0. The largest absolute Gasteiger partial charge is 0.480 e. The summed E-state index contributed by atoms with van der Waals surface area (Å²) in [6, 6.07) is 6.38. The molecule has 1 aliphatic rings. The number of unbranched alkanes of at least 4 members (excludes halogenated alkanes) is 2. The molecule has 1 aromatic carbocycles. The molecule has 1 unspecified atom stereocenters. The van der Waals surface area contributed by atoms with Gasteiger partial charge in [0.25, 0.3) is 0 Å². The predicted molar refractivity (Wildman–Crippen MR) is 147 cm³/mol. The molecule has 1 fully saturated rings. The first kappa shape index (κ1) is 34.0. The monoisotopic (exact) mass is 551 g/mol. The van der Waals surface area contributed by atoms with Crippen LogP contribution in [0.15, 0.2) is 30.3 Å². The Morgan fingerprint density at radius 2 is 1.49 bits per heavy atom. The topological polar surface area (TPSA) is 222 Å². The van der Waals surface area contributed by atoms with Crippen molar-refractivity contribution in [3.8, 4) is 0 Å². The lowest BCUT2D eigenvalue weighted by molar-refractivity contribution is -0.149. The van der Waals surface area contributed by atoms with Gasteiger partial charge in [0.15, 0.2) is 0 Å². The number of nitrogens with one attached hydrogen (secondary N) is 1. The molecule has 12 heteroatoms. The van der Waals surface area contributed by atoms with Crippen molar-refractivity contribution < 1.29 is 34.5 Å². The van der Waals surface area contributed by atoms with E-state index in [0.717, 1.165) is 24.8 Å². The van der Waals surface area contributed by atoms with Crippen molar-refractivity contribution in [3.63, 3.8) is 0 Å². The number of benzene rings is 1. The fraction of sp³-hybridized carbons (Fsp3) is 0.630. The predicted octanol–water partition coefficient (Wildman–Crippen LogP) is 0.763. The summed E-state index contributed by atoms with van der Waals surface area (Å²) in [5, 5.41) is 30.4. The van der Waals surface area contributed by atoms with Gasteiger partial charge < -0.3 is 37.4 Å². The number of carboxylic acid groups (broad SMARTS) is 3. The molecule has 10 N–H and O–H groups in total. The van der Waals surface area contributed by atoms with Crippen molar-refractivity contribution in [1.82, 2.24) is 10.2 Å². The molecule has 1 amide bonds. The van der Waals surface area contributed by atoms with Gasteiger partial charge in [-0.15, -0.1) is 0 Å². The Kier molecular flexibility index (Phi) is 16.6. The highest BCUT2D eigenvalue weighted by atomic mass is 16.4. The van der Waals surface area contributed by atoms with E-state index < -0.39 is 42.1 Å². The first-order chi connectivity index (χ1) is 18.6. The van der Waals surface area contributed by atoms with E-state index in [1.807, 2.05) is 30.3 Å².